The summed E-state index contributed by atoms with van der Waals surface area (Å²) in [4.78, 5) is 34.5. The summed E-state index contributed by atoms with van der Waals surface area (Å²) >= 11 is 0. The number of hydrogen-bond acceptors (Lipinski definition) is 4. The van der Waals surface area contributed by atoms with E-state index in [1.165, 1.54) is 17.1 Å². The molecule has 7 heteroatoms. The molecule has 1 saturated carbocycles. The van der Waals surface area contributed by atoms with Gasteiger partial charge in [0.05, 0.1) is 0 Å². The molecule has 0 aromatic carbocycles. The van der Waals surface area contributed by atoms with E-state index in [2.05, 4.69) is 10.9 Å². The largest absolute Gasteiger partial charge is 0.464 e. The summed E-state index contributed by atoms with van der Waals surface area (Å²) in [5.41, 5.74) is 4.90. The van der Waals surface area contributed by atoms with Crippen LogP contribution in [0.25, 0.3) is 0 Å². The molecule has 104 valence electrons. The molecule has 3 amide bonds. The maximum Gasteiger partial charge on any atom is 0.419 e. The van der Waals surface area contributed by atoms with Gasteiger partial charge >= 0.3 is 6.09 Å². The maximum absolute atomic E-state index is 11.4. The number of carbonyl (C=O) groups excluding carboxylic acids is 2. The molecule has 0 bridgehead atoms. The summed E-state index contributed by atoms with van der Waals surface area (Å²) in [5.74, 6) is -0.175. The van der Waals surface area contributed by atoms with Crippen molar-refractivity contribution in [2.24, 2.45) is 5.92 Å². The molecule has 1 fully saturated rings. The SMILES string of the molecule is O=C(O)NNC1CCC(CN2C(=O)C=CC2=O)CC1. The first-order valence-corrected chi connectivity index (χ1v) is 6.34. The number of hydrazine groups is 1. The highest BCUT2D eigenvalue weighted by Crippen LogP contribution is 2.25. The Balaban J connectivity index is 1.73. The fraction of sp³-hybridized carbons (Fsp3) is 0.583. The number of hydrogen-bond donors (Lipinski definition) is 3. The number of carboxylic acid groups (broad SMARTS) is 1. The summed E-state index contributed by atoms with van der Waals surface area (Å²) in [6, 6.07) is 0.121. The highest BCUT2D eigenvalue weighted by molar-refractivity contribution is 6.12. The monoisotopic (exact) mass is 267 g/mol. The molecule has 0 aromatic rings. The number of nitrogens with zero attached hydrogens (tertiary/aromatic N) is 1. The van der Waals surface area contributed by atoms with Crippen molar-refractivity contribution in [3.05, 3.63) is 12.2 Å². The molecule has 1 heterocycles. The summed E-state index contributed by atoms with van der Waals surface area (Å²) in [7, 11) is 0. The molecule has 19 heavy (non-hydrogen) atoms. The van der Waals surface area contributed by atoms with E-state index >= 15 is 0 Å². The van der Waals surface area contributed by atoms with Gasteiger partial charge in [-0.25, -0.2) is 10.2 Å². The second-order valence-corrected chi connectivity index (χ2v) is 4.91. The van der Waals surface area contributed by atoms with Crippen LogP contribution in [-0.2, 0) is 9.59 Å². The Bertz CT molecular complexity index is 395. The van der Waals surface area contributed by atoms with Gasteiger partial charge in [-0.3, -0.25) is 19.9 Å². The van der Waals surface area contributed by atoms with Crippen LogP contribution >= 0.6 is 0 Å². The van der Waals surface area contributed by atoms with Gasteiger partial charge in [0.25, 0.3) is 11.8 Å². The molecule has 0 saturated heterocycles. The minimum atomic E-state index is -1.10. The molecule has 2 rings (SSSR count). The first-order chi connectivity index (χ1) is 9.06. The van der Waals surface area contributed by atoms with Crippen molar-refractivity contribution in [3.8, 4) is 0 Å². The first-order valence-electron chi connectivity index (χ1n) is 6.34. The minimum absolute atomic E-state index is 0.121. The zero-order chi connectivity index (χ0) is 13.8. The van der Waals surface area contributed by atoms with Gasteiger partial charge in [-0.05, 0) is 31.6 Å². The van der Waals surface area contributed by atoms with Gasteiger partial charge in [0.15, 0.2) is 0 Å². The third-order valence-corrected chi connectivity index (χ3v) is 3.57. The molecule has 7 nitrogen and oxygen atoms in total. The predicted octanol–water partition coefficient (Wildman–Crippen LogP) is 0.242. The Kier molecular flexibility index (Phi) is 4.16. The second kappa shape index (κ2) is 5.83. The van der Waals surface area contributed by atoms with E-state index in [1.54, 1.807) is 0 Å². The molecule has 2 aliphatic rings. The fourth-order valence-corrected chi connectivity index (χ4v) is 2.52. The summed E-state index contributed by atoms with van der Waals surface area (Å²) in [5, 5.41) is 8.48. The molecule has 1 aliphatic carbocycles. The highest BCUT2D eigenvalue weighted by atomic mass is 16.4. The lowest BCUT2D eigenvalue weighted by molar-refractivity contribution is -0.137. The molecule has 0 unspecified atom stereocenters. The third kappa shape index (κ3) is 3.54. The van der Waals surface area contributed by atoms with Crippen LogP contribution in [0, 0.1) is 5.92 Å². The van der Waals surface area contributed by atoms with Gasteiger partial charge in [0.1, 0.15) is 0 Å². The minimum Gasteiger partial charge on any atom is -0.464 e. The van der Waals surface area contributed by atoms with Crippen molar-refractivity contribution in [1.82, 2.24) is 15.8 Å². The zero-order valence-corrected chi connectivity index (χ0v) is 10.5. The van der Waals surface area contributed by atoms with Crippen molar-refractivity contribution in [2.45, 2.75) is 31.7 Å². The standard InChI is InChI=1S/C12H17N3O4/c16-10-5-6-11(17)15(10)7-8-1-3-9(4-2-8)13-14-12(18)19/h5-6,8-9,13-14H,1-4,7H2,(H,18,19). The van der Waals surface area contributed by atoms with Gasteiger partial charge in [-0.2, -0.15) is 0 Å². The van der Waals surface area contributed by atoms with Gasteiger partial charge in [-0.15, -0.1) is 0 Å². The Hall–Kier alpha value is -1.89. The summed E-state index contributed by atoms with van der Waals surface area (Å²) in [6.07, 6.45) is 4.90. The van der Waals surface area contributed by atoms with Gasteiger partial charge in [0.2, 0.25) is 0 Å². The van der Waals surface area contributed by atoms with E-state index in [0.29, 0.717) is 12.5 Å². The number of amides is 3. The molecular formula is C12H17N3O4. The topological polar surface area (TPSA) is 98.7 Å². The van der Waals surface area contributed by atoms with Crippen LogP contribution in [0.1, 0.15) is 25.7 Å². The van der Waals surface area contributed by atoms with Crippen LogP contribution in [0.15, 0.2) is 12.2 Å². The number of imide groups is 1. The van der Waals surface area contributed by atoms with Gasteiger partial charge < -0.3 is 5.11 Å². The molecule has 0 aromatic heterocycles. The lowest BCUT2D eigenvalue weighted by atomic mass is 9.86. The number of rotatable bonds is 4. The normalized spacial score (nSPS) is 26.8. The van der Waals surface area contributed by atoms with E-state index in [9.17, 15) is 14.4 Å². The molecule has 0 atom stereocenters. The smallest absolute Gasteiger partial charge is 0.419 e. The van der Waals surface area contributed by atoms with E-state index in [4.69, 9.17) is 5.11 Å². The molecule has 0 spiro atoms. The van der Waals surface area contributed by atoms with Gasteiger partial charge in [-0.1, -0.05) is 0 Å². The Labute approximate surface area is 110 Å². The Morgan fingerprint density at radius 2 is 1.79 bits per heavy atom. The van der Waals surface area contributed by atoms with Crippen LogP contribution in [0.2, 0.25) is 0 Å². The van der Waals surface area contributed by atoms with Crippen LogP contribution in [0.4, 0.5) is 4.79 Å². The molecule has 0 radical (unpaired) electrons. The van der Waals surface area contributed by atoms with Crippen molar-refractivity contribution < 1.29 is 19.5 Å². The van der Waals surface area contributed by atoms with Crippen LogP contribution in [0.5, 0.6) is 0 Å². The second-order valence-electron chi connectivity index (χ2n) is 4.91. The predicted molar refractivity (Wildman–Crippen MR) is 65.9 cm³/mol. The van der Waals surface area contributed by atoms with Crippen LogP contribution in [-0.4, -0.2) is 40.5 Å². The molecule has 3 N–H and O–H groups in total. The van der Waals surface area contributed by atoms with Gasteiger partial charge in [0, 0.05) is 24.7 Å². The van der Waals surface area contributed by atoms with Crippen molar-refractivity contribution in [3.63, 3.8) is 0 Å². The van der Waals surface area contributed by atoms with Crippen LogP contribution < -0.4 is 10.9 Å². The third-order valence-electron chi connectivity index (χ3n) is 3.57. The van der Waals surface area contributed by atoms with Crippen molar-refractivity contribution in [1.29, 1.82) is 0 Å². The average Bonchev–Trinajstić information content (AvgIpc) is 2.70. The van der Waals surface area contributed by atoms with E-state index in [0.717, 1.165) is 25.7 Å². The van der Waals surface area contributed by atoms with E-state index < -0.39 is 6.09 Å². The van der Waals surface area contributed by atoms with E-state index in [1.807, 2.05) is 0 Å². The molecular weight excluding hydrogens is 250 g/mol. The van der Waals surface area contributed by atoms with Crippen molar-refractivity contribution in [2.75, 3.05) is 6.54 Å². The number of carbonyl (C=O) groups is 3. The quantitative estimate of drug-likeness (QED) is 0.500. The Morgan fingerprint density at radius 1 is 1.21 bits per heavy atom. The summed E-state index contributed by atoms with van der Waals surface area (Å²) < 4.78 is 0. The van der Waals surface area contributed by atoms with E-state index in [-0.39, 0.29) is 17.9 Å². The Morgan fingerprint density at radius 3 is 2.32 bits per heavy atom. The summed E-state index contributed by atoms with van der Waals surface area (Å²) in [6.45, 7) is 0.462. The average molecular weight is 267 g/mol. The van der Waals surface area contributed by atoms with Crippen molar-refractivity contribution >= 4 is 17.9 Å². The molecule has 1 aliphatic heterocycles. The lowest BCUT2D eigenvalue weighted by Gasteiger charge is -2.30. The number of nitrogens with one attached hydrogen (secondary N) is 2. The first kappa shape index (κ1) is 13.5. The maximum atomic E-state index is 11.4. The fourth-order valence-electron chi connectivity index (χ4n) is 2.52. The zero-order valence-electron chi connectivity index (χ0n) is 10.5. The lowest BCUT2D eigenvalue weighted by Crippen LogP contribution is -2.46. The van der Waals surface area contributed by atoms with Crippen LogP contribution in [0.3, 0.4) is 0 Å². The highest BCUT2D eigenvalue weighted by Gasteiger charge is 2.29.